The summed E-state index contributed by atoms with van der Waals surface area (Å²) in [5, 5.41) is 9.26. The Bertz CT molecular complexity index is 440. The van der Waals surface area contributed by atoms with E-state index in [1.54, 1.807) is 12.1 Å². The van der Waals surface area contributed by atoms with Gasteiger partial charge in [-0.1, -0.05) is 23.2 Å². The monoisotopic (exact) mass is 275 g/mol. The van der Waals surface area contributed by atoms with Crippen molar-refractivity contribution in [3.63, 3.8) is 0 Å². The van der Waals surface area contributed by atoms with Gasteiger partial charge in [-0.05, 0) is 17.7 Å². The number of benzene rings is 1. The highest BCUT2D eigenvalue weighted by Gasteiger charge is 2.08. The number of hydrogen-bond acceptors (Lipinski definition) is 2. The van der Waals surface area contributed by atoms with Gasteiger partial charge in [0.25, 0.3) is 0 Å². The third-order valence-corrected chi connectivity index (χ3v) is 2.60. The third kappa shape index (κ3) is 3.28. The van der Waals surface area contributed by atoms with E-state index in [0.29, 0.717) is 15.7 Å². The second kappa shape index (κ2) is 5.95. The number of nitrogens with zero attached hydrogens (tertiary/aromatic N) is 2. The third-order valence-electron chi connectivity index (χ3n) is 1.75. The molecule has 0 aliphatic carbocycles. The van der Waals surface area contributed by atoms with Crippen LogP contribution in [0.2, 0.25) is 10.0 Å². The minimum absolute atomic E-state index is 0.104. The van der Waals surface area contributed by atoms with Crippen LogP contribution < -0.4 is 5.73 Å². The van der Waals surface area contributed by atoms with Gasteiger partial charge in [-0.2, -0.15) is 5.26 Å². The van der Waals surface area contributed by atoms with Crippen molar-refractivity contribution in [2.75, 3.05) is 5.88 Å². The molecule has 1 rings (SSSR count). The average Bonchev–Trinajstić information content (AvgIpc) is 2.23. The second-order valence-electron chi connectivity index (χ2n) is 2.98. The lowest BCUT2D eigenvalue weighted by Gasteiger charge is -2.05. The van der Waals surface area contributed by atoms with Crippen LogP contribution in [-0.2, 0) is 6.42 Å². The molecule has 0 aromatic heterocycles. The molecule has 0 atom stereocenters. The molecule has 1 aromatic rings. The quantitative estimate of drug-likeness (QED) is 0.523. The molecule has 6 heteroatoms. The van der Waals surface area contributed by atoms with E-state index < -0.39 is 0 Å². The van der Waals surface area contributed by atoms with Gasteiger partial charge in [0.2, 0.25) is 0 Å². The normalized spacial score (nSPS) is 11.2. The molecule has 0 saturated carbocycles. The minimum Gasteiger partial charge on any atom is -0.386 e. The fraction of sp³-hybridized carbons (Fsp3) is 0.200. The van der Waals surface area contributed by atoms with Gasteiger partial charge in [0, 0.05) is 0 Å². The highest BCUT2D eigenvalue weighted by Crippen LogP contribution is 2.34. The van der Waals surface area contributed by atoms with Crippen LogP contribution in [0.3, 0.4) is 0 Å². The first-order valence-corrected chi connectivity index (χ1v) is 5.61. The van der Waals surface area contributed by atoms with Crippen LogP contribution in [0, 0.1) is 11.3 Å². The van der Waals surface area contributed by atoms with Crippen molar-refractivity contribution in [1.82, 2.24) is 0 Å². The van der Waals surface area contributed by atoms with Crippen LogP contribution in [-0.4, -0.2) is 11.7 Å². The summed E-state index contributed by atoms with van der Waals surface area (Å²) in [5.41, 5.74) is 6.60. The van der Waals surface area contributed by atoms with Crippen LogP contribution >= 0.6 is 34.8 Å². The minimum atomic E-state index is 0.104. The van der Waals surface area contributed by atoms with Crippen LogP contribution in [0.5, 0.6) is 0 Å². The average molecular weight is 277 g/mol. The van der Waals surface area contributed by atoms with Crippen molar-refractivity contribution in [3.8, 4) is 6.07 Å². The summed E-state index contributed by atoms with van der Waals surface area (Å²) in [6.07, 6.45) is 0.244. The van der Waals surface area contributed by atoms with E-state index in [1.165, 1.54) is 0 Å². The molecule has 0 saturated heterocycles. The van der Waals surface area contributed by atoms with Gasteiger partial charge < -0.3 is 5.73 Å². The molecule has 84 valence electrons. The van der Waals surface area contributed by atoms with E-state index in [2.05, 4.69) is 4.99 Å². The molecule has 2 N–H and O–H groups in total. The summed E-state index contributed by atoms with van der Waals surface area (Å²) in [5.74, 6) is 0.338. The fourth-order valence-corrected chi connectivity index (χ4v) is 1.77. The van der Waals surface area contributed by atoms with Gasteiger partial charge in [-0.25, -0.2) is 4.99 Å². The number of nitriles is 1. The van der Waals surface area contributed by atoms with Gasteiger partial charge >= 0.3 is 0 Å². The topological polar surface area (TPSA) is 62.2 Å². The first-order chi connectivity index (χ1) is 7.58. The zero-order valence-electron chi connectivity index (χ0n) is 8.17. The molecule has 3 nitrogen and oxygen atoms in total. The first-order valence-electron chi connectivity index (χ1n) is 4.32. The summed E-state index contributed by atoms with van der Waals surface area (Å²) in [4.78, 5) is 3.99. The summed E-state index contributed by atoms with van der Waals surface area (Å²) in [7, 11) is 0. The van der Waals surface area contributed by atoms with Crippen LogP contribution in [0.4, 0.5) is 5.69 Å². The molecular weight excluding hydrogens is 268 g/mol. The zero-order chi connectivity index (χ0) is 12.1. The highest BCUT2D eigenvalue weighted by molar-refractivity contribution is 6.39. The maximum atomic E-state index is 8.55. The summed E-state index contributed by atoms with van der Waals surface area (Å²) in [6, 6.07) is 5.28. The Kier molecular flexibility index (Phi) is 4.88. The zero-order valence-corrected chi connectivity index (χ0v) is 10.4. The van der Waals surface area contributed by atoms with E-state index in [1.807, 2.05) is 6.07 Å². The smallest absolute Gasteiger partial charge is 0.115 e. The molecule has 0 heterocycles. The maximum absolute atomic E-state index is 8.55. The van der Waals surface area contributed by atoms with Gasteiger partial charge in [-0.3, -0.25) is 0 Å². The molecule has 0 radical (unpaired) electrons. The molecule has 0 unspecified atom stereocenters. The molecule has 1 aromatic carbocycles. The lowest BCUT2D eigenvalue weighted by molar-refractivity contribution is 1.26. The van der Waals surface area contributed by atoms with E-state index in [4.69, 9.17) is 45.8 Å². The van der Waals surface area contributed by atoms with E-state index >= 15 is 0 Å². The van der Waals surface area contributed by atoms with E-state index in [-0.39, 0.29) is 18.1 Å². The Hall–Kier alpha value is -0.950. The van der Waals surface area contributed by atoms with E-state index in [9.17, 15) is 0 Å². The summed E-state index contributed by atoms with van der Waals surface area (Å²) >= 11 is 17.4. The molecular formula is C10H8Cl3N3. The molecule has 0 aliphatic rings. The molecule has 16 heavy (non-hydrogen) atoms. The van der Waals surface area contributed by atoms with Gasteiger partial charge in [0.1, 0.15) is 11.5 Å². The lowest BCUT2D eigenvalue weighted by atomic mass is 10.1. The maximum Gasteiger partial charge on any atom is 0.115 e. The Morgan fingerprint density at radius 1 is 1.38 bits per heavy atom. The van der Waals surface area contributed by atoms with Crippen molar-refractivity contribution in [3.05, 3.63) is 27.7 Å². The Morgan fingerprint density at radius 2 is 1.94 bits per heavy atom. The van der Waals surface area contributed by atoms with E-state index in [0.717, 1.165) is 5.56 Å². The van der Waals surface area contributed by atoms with Crippen molar-refractivity contribution in [2.45, 2.75) is 6.42 Å². The van der Waals surface area contributed by atoms with Crippen molar-refractivity contribution < 1.29 is 0 Å². The number of aliphatic imine (C=N–C) groups is 1. The number of hydrogen-bond donors (Lipinski definition) is 1. The molecule has 0 spiro atoms. The SMILES string of the molecule is N#CCc1cc(Cl)c(N=C(N)CCl)c(Cl)c1. The number of nitrogens with two attached hydrogens (primary N) is 1. The Labute approximate surface area is 108 Å². The number of rotatable bonds is 3. The lowest BCUT2D eigenvalue weighted by Crippen LogP contribution is -2.12. The number of halogens is 3. The molecule has 0 bridgehead atoms. The highest BCUT2D eigenvalue weighted by atomic mass is 35.5. The number of amidine groups is 1. The van der Waals surface area contributed by atoms with Gasteiger partial charge in [-0.15, -0.1) is 11.6 Å². The van der Waals surface area contributed by atoms with Crippen molar-refractivity contribution in [1.29, 1.82) is 5.26 Å². The van der Waals surface area contributed by atoms with Gasteiger partial charge in [0.15, 0.2) is 0 Å². The molecule has 0 fully saturated rings. The van der Waals surface area contributed by atoms with Crippen molar-refractivity contribution >= 4 is 46.3 Å². The van der Waals surface area contributed by atoms with Crippen LogP contribution in [0.25, 0.3) is 0 Å². The Balaban J connectivity index is 3.18. The largest absolute Gasteiger partial charge is 0.386 e. The Morgan fingerprint density at radius 3 is 2.38 bits per heavy atom. The van der Waals surface area contributed by atoms with Crippen LogP contribution in [0.1, 0.15) is 5.56 Å². The first kappa shape index (κ1) is 13.1. The van der Waals surface area contributed by atoms with Crippen LogP contribution in [0.15, 0.2) is 17.1 Å². The van der Waals surface area contributed by atoms with Gasteiger partial charge in [0.05, 0.1) is 28.4 Å². The predicted molar refractivity (Wildman–Crippen MR) is 67.8 cm³/mol. The molecule has 0 aliphatic heterocycles. The molecule has 0 amide bonds. The number of alkyl halides is 1. The standard InChI is InChI=1S/C10H8Cl3N3/c11-5-9(15)16-10-7(12)3-6(1-2-14)4-8(10)13/h3-4H,1,5H2,(H2,15,16). The second-order valence-corrected chi connectivity index (χ2v) is 4.06. The van der Waals surface area contributed by atoms with Crippen molar-refractivity contribution in [2.24, 2.45) is 10.7 Å². The summed E-state index contributed by atoms with van der Waals surface area (Å²) < 4.78 is 0. The fourth-order valence-electron chi connectivity index (χ4n) is 1.09. The predicted octanol–water partition coefficient (Wildman–Crippen LogP) is 3.29. The summed E-state index contributed by atoms with van der Waals surface area (Å²) in [6.45, 7) is 0.